The first-order chi connectivity index (χ1) is 13.4. The van der Waals surface area contributed by atoms with Crippen molar-refractivity contribution in [1.29, 1.82) is 5.26 Å². The molecule has 5 nitrogen and oxygen atoms in total. The molecular weight excluding hydrogens is 348 g/mol. The monoisotopic (exact) mass is 370 g/mol. The van der Waals surface area contributed by atoms with Gasteiger partial charge >= 0.3 is 0 Å². The topological polar surface area (TPSA) is 77.8 Å². The summed E-state index contributed by atoms with van der Waals surface area (Å²) in [6.07, 6.45) is 1.56. The van der Waals surface area contributed by atoms with Crippen molar-refractivity contribution in [3.8, 4) is 6.07 Å². The number of benzene rings is 2. The van der Waals surface area contributed by atoms with Gasteiger partial charge in [-0.1, -0.05) is 45.0 Å². The van der Waals surface area contributed by atoms with E-state index in [-0.39, 0.29) is 11.3 Å². The summed E-state index contributed by atoms with van der Waals surface area (Å²) in [4.78, 5) is 16.7. The Kier molecular flexibility index (Phi) is 5.42. The average Bonchev–Trinajstić information content (AvgIpc) is 2.68. The van der Waals surface area contributed by atoms with Gasteiger partial charge < -0.3 is 10.6 Å². The maximum atomic E-state index is 12.6. The van der Waals surface area contributed by atoms with Crippen LogP contribution in [0.3, 0.4) is 0 Å². The fourth-order valence-corrected chi connectivity index (χ4v) is 2.73. The van der Waals surface area contributed by atoms with Crippen LogP contribution in [0.25, 0.3) is 0 Å². The second-order valence-corrected chi connectivity index (χ2v) is 7.49. The fourth-order valence-electron chi connectivity index (χ4n) is 2.73. The normalized spacial score (nSPS) is 10.8. The first-order valence-electron chi connectivity index (χ1n) is 9.01. The van der Waals surface area contributed by atoms with E-state index in [1.165, 1.54) is 5.56 Å². The van der Waals surface area contributed by atoms with Gasteiger partial charge in [-0.2, -0.15) is 5.26 Å². The zero-order chi connectivity index (χ0) is 20.1. The molecule has 140 valence electrons. The van der Waals surface area contributed by atoms with Gasteiger partial charge in [0.1, 0.15) is 11.8 Å². The first-order valence-corrected chi connectivity index (χ1v) is 9.01. The molecule has 3 aromatic rings. The Morgan fingerprint density at radius 2 is 1.71 bits per heavy atom. The number of carbonyl (C=O) groups excluding carboxylic acids is 1. The van der Waals surface area contributed by atoms with Crippen molar-refractivity contribution in [3.63, 3.8) is 0 Å². The van der Waals surface area contributed by atoms with Crippen LogP contribution in [0, 0.1) is 11.3 Å². The number of amides is 1. The molecule has 0 saturated heterocycles. The number of carbonyl (C=O) groups is 1. The summed E-state index contributed by atoms with van der Waals surface area (Å²) < 4.78 is 0. The number of nitriles is 1. The SMILES string of the molecule is CC(C)(C)c1ccc(NC(=O)c2cc(Nc3ccccc3C#N)ccn2)cc1. The maximum absolute atomic E-state index is 12.6. The van der Waals surface area contributed by atoms with Crippen LogP contribution >= 0.6 is 0 Å². The van der Waals surface area contributed by atoms with Crippen LogP contribution in [0.15, 0.2) is 66.9 Å². The van der Waals surface area contributed by atoms with Crippen molar-refractivity contribution >= 4 is 23.0 Å². The third-order valence-corrected chi connectivity index (χ3v) is 4.33. The summed E-state index contributed by atoms with van der Waals surface area (Å²) >= 11 is 0. The largest absolute Gasteiger partial charge is 0.354 e. The minimum atomic E-state index is -0.291. The summed E-state index contributed by atoms with van der Waals surface area (Å²) in [5.74, 6) is -0.291. The molecule has 0 spiro atoms. The highest BCUT2D eigenvalue weighted by atomic mass is 16.1. The highest BCUT2D eigenvalue weighted by Crippen LogP contribution is 2.24. The molecule has 0 aliphatic heterocycles. The molecule has 1 aromatic heterocycles. The maximum Gasteiger partial charge on any atom is 0.274 e. The Balaban J connectivity index is 1.74. The lowest BCUT2D eigenvalue weighted by Gasteiger charge is -2.19. The quantitative estimate of drug-likeness (QED) is 0.658. The number of aromatic nitrogens is 1. The van der Waals surface area contributed by atoms with Gasteiger partial charge in [0.15, 0.2) is 0 Å². The summed E-state index contributed by atoms with van der Waals surface area (Å²) in [5, 5.41) is 15.2. The highest BCUT2D eigenvalue weighted by Gasteiger charge is 2.14. The number of rotatable bonds is 4. The molecule has 0 aliphatic rings. The summed E-state index contributed by atoms with van der Waals surface area (Å²) in [5.41, 5.74) is 4.16. The molecular formula is C23H22N4O. The van der Waals surface area contributed by atoms with Crippen molar-refractivity contribution in [1.82, 2.24) is 4.98 Å². The van der Waals surface area contributed by atoms with Crippen LogP contribution in [-0.4, -0.2) is 10.9 Å². The van der Waals surface area contributed by atoms with Crippen molar-refractivity contribution in [2.75, 3.05) is 10.6 Å². The number of nitrogens with zero attached hydrogens (tertiary/aromatic N) is 2. The van der Waals surface area contributed by atoms with E-state index in [0.717, 1.165) is 0 Å². The summed E-state index contributed by atoms with van der Waals surface area (Å²) in [7, 11) is 0. The summed E-state index contributed by atoms with van der Waals surface area (Å²) in [6.45, 7) is 6.44. The second kappa shape index (κ2) is 7.93. The lowest BCUT2D eigenvalue weighted by atomic mass is 9.87. The van der Waals surface area contributed by atoms with E-state index in [9.17, 15) is 10.1 Å². The van der Waals surface area contributed by atoms with E-state index in [2.05, 4.69) is 42.5 Å². The van der Waals surface area contributed by atoms with Crippen molar-refractivity contribution in [2.24, 2.45) is 0 Å². The van der Waals surface area contributed by atoms with Crippen LogP contribution in [0.5, 0.6) is 0 Å². The predicted octanol–water partition coefficient (Wildman–Crippen LogP) is 5.25. The van der Waals surface area contributed by atoms with Crippen LogP contribution in [0.4, 0.5) is 17.1 Å². The van der Waals surface area contributed by atoms with Gasteiger partial charge in [-0.05, 0) is 47.4 Å². The van der Waals surface area contributed by atoms with Crippen LogP contribution in [0.1, 0.15) is 42.4 Å². The van der Waals surface area contributed by atoms with Crippen molar-refractivity contribution in [3.05, 3.63) is 83.7 Å². The number of pyridine rings is 1. The Morgan fingerprint density at radius 3 is 2.39 bits per heavy atom. The molecule has 1 amide bonds. The molecule has 3 rings (SSSR count). The number of anilines is 3. The van der Waals surface area contributed by atoms with Gasteiger partial charge in [-0.3, -0.25) is 9.78 Å². The zero-order valence-electron chi connectivity index (χ0n) is 16.2. The summed E-state index contributed by atoms with van der Waals surface area (Å²) in [6, 6.07) is 20.6. The molecule has 0 fully saturated rings. The van der Waals surface area contributed by atoms with Gasteiger partial charge in [-0.25, -0.2) is 0 Å². The minimum absolute atomic E-state index is 0.0593. The van der Waals surface area contributed by atoms with Gasteiger partial charge in [0, 0.05) is 17.6 Å². The Labute approximate surface area is 165 Å². The molecule has 2 aromatic carbocycles. The Bertz CT molecular complexity index is 1030. The van der Waals surface area contributed by atoms with E-state index >= 15 is 0 Å². The van der Waals surface area contributed by atoms with Crippen molar-refractivity contribution in [2.45, 2.75) is 26.2 Å². The molecule has 0 radical (unpaired) electrons. The van der Waals surface area contributed by atoms with Gasteiger partial charge in [-0.15, -0.1) is 0 Å². The Morgan fingerprint density at radius 1 is 1.00 bits per heavy atom. The Hall–Kier alpha value is -3.65. The molecule has 1 heterocycles. The molecule has 0 saturated carbocycles. The third-order valence-electron chi connectivity index (χ3n) is 4.33. The molecule has 0 bridgehead atoms. The first kappa shape index (κ1) is 19.1. The number of para-hydroxylation sites is 1. The van der Waals surface area contributed by atoms with E-state index in [1.54, 1.807) is 30.5 Å². The average molecular weight is 370 g/mol. The number of hydrogen-bond acceptors (Lipinski definition) is 4. The minimum Gasteiger partial charge on any atom is -0.354 e. The highest BCUT2D eigenvalue weighted by molar-refractivity contribution is 6.03. The molecule has 28 heavy (non-hydrogen) atoms. The van der Waals surface area contributed by atoms with E-state index in [4.69, 9.17) is 0 Å². The second-order valence-electron chi connectivity index (χ2n) is 7.49. The van der Waals surface area contributed by atoms with E-state index in [0.29, 0.717) is 28.3 Å². The van der Waals surface area contributed by atoms with Gasteiger partial charge in [0.05, 0.1) is 11.3 Å². The molecule has 5 heteroatoms. The third kappa shape index (κ3) is 4.54. The van der Waals surface area contributed by atoms with Crippen LogP contribution in [0.2, 0.25) is 0 Å². The number of nitrogens with one attached hydrogen (secondary N) is 2. The predicted molar refractivity (Wildman–Crippen MR) is 112 cm³/mol. The zero-order valence-corrected chi connectivity index (χ0v) is 16.2. The molecule has 0 aliphatic carbocycles. The van der Waals surface area contributed by atoms with E-state index < -0.39 is 0 Å². The van der Waals surface area contributed by atoms with Gasteiger partial charge in [0.2, 0.25) is 0 Å². The molecule has 0 atom stereocenters. The van der Waals surface area contributed by atoms with Crippen molar-refractivity contribution < 1.29 is 4.79 Å². The van der Waals surface area contributed by atoms with Crippen LogP contribution in [-0.2, 0) is 5.41 Å². The molecule has 2 N–H and O–H groups in total. The van der Waals surface area contributed by atoms with E-state index in [1.807, 2.05) is 36.4 Å². The van der Waals surface area contributed by atoms with Crippen LogP contribution < -0.4 is 10.6 Å². The lowest BCUT2D eigenvalue weighted by Crippen LogP contribution is -2.15. The van der Waals surface area contributed by atoms with Gasteiger partial charge in [0.25, 0.3) is 5.91 Å². The lowest BCUT2D eigenvalue weighted by molar-refractivity contribution is 0.102. The number of hydrogen-bond donors (Lipinski definition) is 2. The fraction of sp³-hybridized carbons (Fsp3) is 0.174. The molecule has 0 unspecified atom stereocenters. The smallest absolute Gasteiger partial charge is 0.274 e. The standard InChI is InChI=1S/C23H22N4O/c1-23(2,3)17-8-10-18(11-9-17)27-22(28)21-14-19(12-13-25-21)26-20-7-5-4-6-16(20)15-24/h4-14H,1-3H3,(H,25,26)(H,27,28).